The summed E-state index contributed by atoms with van der Waals surface area (Å²) in [5, 5.41) is 15.9. The van der Waals surface area contributed by atoms with E-state index in [0.29, 0.717) is 12.6 Å². The number of nitrogens with zero attached hydrogens (tertiary/aromatic N) is 1. The van der Waals surface area contributed by atoms with Gasteiger partial charge in [-0.05, 0) is 37.8 Å². The van der Waals surface area contributed by atoms with Crippen LogP contribution < -0.4 is 5.32 Å². The van der Waals surface area contributed by atoms with Crippen LogP contribution in [0.15, 0.2) is 11.4 Å². The minimum absolute atomic E-state index is 0.211. The maximum absolute atomic E-state index is 10.5. The highest BCUT2D eigenvalue weighted by Crippen LogP contribution is 2.22. The summed E-state index contributed by atoms with van der Waals surface area (Å²) in [4.78, 5) is 10.2. The minimum atomic E-state index is -0.343. The van der Waals surface area contributed by atoms with Gasteiger partial charge in [-0.2, -0.15) is 0 Å². The molecule has 5 nitrogen and oxygen atoms in total. The van der Waals surface area contributed by atoms with Crippen molar-refractivity contribution in [1.29, 1.82) is 0 Å². The van der Waals surface area contributed by atoms with E-state index in [2.05, 4.69) is 5.32 Å². The lowest BCUT2D eigenvalue weighted by Gasteiger charge is -2.22. The van der Waals surface area contributed by atoms with Crippen LogP contribution in [-0.4, -0.2) is 24.2 Å². The molecule has 1 unspecified atom stereocenters. The van der Waals surface area contributed by atoms with Crippen LogP contribution in [0.2, 0.25) is 0 Å². The first-order valence-electron chi connectivity index (χ1n) is 6.30. The molecule has 0 bridgehead atoms. The highest BCUT2D eigenvalue weighted by molar-refractivity contribution is 7.13. The molecule has 1 aromatic heterocycles. The second-order valence-electron chi connectivity index (χ2n) is 4.50. The SMILES string of the molecule is O=[N+]([O-])c1cc(CNCCC2CCCCO2)cs1. The Morgan fingerprint density at radius 1 is 1.56 bits per heavy atom. The Balaban J connectivity index is 1.63. The second kappa shape index (κ2) is 6.82. The average Bonchev–Trinajstić information content (AvgIpc) is 2.85. The molecule has 0 aromatic carbocycles. The molecule has 1 aliphatic rings. The first-order chi connectivity index (χ1) is 8.75. The van der Waals surface area contributed by atoms with Crippen molar-refractivity contribution in [1.82, 2.24) is 5.32 Å². The molecule has 1 aliphatic heterocycles. The molecule has 0 radical (unpaired) electrons. The van der Waals surface area contributed by atoms with Gasteiger partial charge >= 0.3 is 5.00 Å². The lowest BCUT2D eigenvalue weighted by molar-refractivity contribution is -0.380. The Morgan fingerprint density at radius 2 is 2.44 bits per heavy atom. The minimum Gasteiger partial charge on any atom is -0.378 e. The van der Waals surface area contributed by atoms with Crippen LogP contribution in [0.25, 0.3) is 0 Å². The summed E-state index contributed by atoms with van der Waals surface area (Å²) in [6.07, 6.45) is 5.02. The molecular weight excluding hydrogens is 252 g/mol. The van der Waals surface area contributed by atoms with Crippen LogP contribution >= 0.6 is 11.3 Å². The van der Waals surface area contributed by atoms with E-state index in [-0.39, 0.29) is 9.92 Å². The molecule has 100 valence electrons. The summed E-state index contributed by atoms with van der Waals surface area (Å²) in [5.41, 5.74) is 0.983. The summed E-state index contributed by atoms with van der Waals surface area (Å²) in [5.74, 6) is 0. The second-order valence-corrected chi connectivity index (χ2v) is 5.39. The van der Waals surface area contributed by atoms with E-state index in [9.17, 15) is 10.1 Å². The zero-order chi connectivity index (χ0) is 12.8. The van der Waals surface area contributed by atoms with Crippen LogP contribution in [-0.2, 0) is 11.3 Å². The monoisotopic (exact) mass is 270 g/mol. The predicted octanol–water partition coefficient (Wildman–Crippen LogP) is 2.71. The van der Waals surface area contributed by atoms with Crippen molar-refractivity contribution < 1.29 is 9.66 Å². The highest BCUT2D eigenvalue weighted by Gasteiger charge is 2.13. The fourth-order valence-electron chi connectivity index (χ4n) is 2.08. The standard InChI is InChI=1S/C12H18N2O3S/c15-14(16)12-7-10(9-18-12)8-13-5-4-11-3-1-2-6-17-11/h7,9,11,13H,1-6,8H2. The lowest BCUT2D eigenvalue weighted by Crippen LogP contribution is -2.25. The molecule has 2 rings (SSSR count). The molecule has 1 N–H and O–H groups in total. The van der Waals surface area contributed by atoms with Gasteiger partial charge in [-0.15, -0.1) is 0 Å². The number of nitrogens with one attached hydrogen (secondary N) is 1. The first kappa shape index (κ1) is 13.5. The predicted molar refractivity (Wildman–Crippen MR) is 70.9 cm³/mol. The van der Waals surface area contributed by atoms with Gasteiger partial charge in [-0.3, -0.25) is 10.1 Å². The van der Waals surface area contributed by atoms with Gasteiger partial charge in [-0.25, -0.2) is 0 Å². The Labute approximate surface area is 110 Å². The maximum atomic E-state index is 10.5. The van der Waals surface area contributed by atoms with Crippen LogP contribution in [0.1, 0.15) is 31.2 Å². The van der Waals surface area contributed by atoms with Crippen molar-refractivity contribution in [2.75, 3.05) is 13.2 Å². The smallest absolute Gasteiger partial charge is 0.324 e. The van der Waals surface area contributed by atoms with Crippen molar-refractivity contribution >= 4 is 16.3 Å². The van der Waals surface area contributed by atoms with Gasteiger partial charge in [0.25, 0.3) is 0 Å². The average molecular weight is 270 g/mol. The highest BCUT2D eigenvalue weighted by atomic mass is 32.1. The van der Waals surface area contributed by atoms with Gasteiger partial charge in [0.05, 0.1) is 11.0 Å². The zero-order valence-electron chi connectivity index (χ0n) is 10.3. The van der Waals surface area contributed by atoms with E-state index < -0.39 is 0 Å². The van der Waals surface area contributed by atoms with Crippen LogP contribution in [0, 0.1) is 10.1 Å². The molecule has 1 fully saturated rings. The number of ether oxygens (including phenoxy) is 1. The van der Waals surface area contributed by atoms with Gasteiger partial charge < -0.3 is 10.1 Å². The Hall–Kier alpha value is -0.980. The summed E-state index contributed by atoms with van der Waals surface area (Å²) in [7, 11) is 0. The van der Waals surface area contributed by atoms with Crippen molar-refractivity contribution in [3.63, 3.8) is 0 Å². The summed E-state index contributed by atoms with van der Waals surface area (Å²) < 4.78 is 5.64. The van der Waals surface area contributed by atoms with Gasteiger partial charge in [-0.1, -0.05) is 11.3 Å². The third-order valence-electron chi connectivity index (χ3n) is 3.07. The summed E-state index contributed by atoms with van der Waals surface area (Å²) in [6, 6.07) is 1.63. The van der Waals surface area contributed by atoms with E-state index in [4.69, 9.17) is 4.74 Å². The Bertz CT molecular complexity index is 388. The molecule has 2 heterocycles. The molecule has 6 heteroatoms. The fraction of sp³-hybridized carbons (Fsp3) is 0.667. The molecule has 1 aromatic rings. The number of hydrogen-bond donors (Lipinski definition) is 1. The fourth-order valence-corrected chi connectivity index (χ4v) is 2.81. The van der Waals surface area contributed by atoms with E-state index in [0.717, 1.165) is 31.6 Å². The van der Waals surface area contributed by atoms with Crippen LogP contribution in [0.5, 0.6) is 0 Å². The third-order valence-corrected chi connectivity index (χ3v) is 4.00. The van der Waals surface area contributed by atoms with Crippen molar-refractivity contribution in [3.05, 3.63) is 27.1 Å². The number of hydrogen-bond acceptors (Lipinski definition) is 5. The summed E-state index contributed by atoms with van der Waals surface area (Å²) >= 11 is 1.18. The van der Waals surface area contributed by atoms with Crippen molar-refractivity contribution in [2.24, 2.45) is 0 Å². The molecular formula is C12H18N2O3S. The molecule has 0 spiro atoms. The molecule has 0 amide bonds. The lowest BCUT2D eigenvalue weighted by atomic mass is 10.1. The number of nitro groups is 1. The van der Waals surface area contributed by atoms with Gasteiger partial charge in [0, 0.05) is 24.6 Å². The number of thiophene rings is 1. The van der Waals surface area contributed by atoms with Gasteiger partial charge in [0.1, 0.15) is 0 Å². The van der Waals surface area contributed by atoms with Crippen LogP contribution in [0.3, 0.4) is 0 Å². The van der Waals surface area contributed by atoms with Crippen LogP contribution in [0.4, 0.5) is 5.00 Å². The molecule has 1 atom stereocenters. The molecule has 0 saturated carbocycles. The largest absolute Gasteiger partial charge is 0.378 e. The maximum Gasteiger partial charge on any atom is 0.324 e. The van der Waals surface area contributed by atoms with E-state index in [1.807, 2.05) is 5.38 Å². The van der Waals surface area contributed by atoms with E-state index in [1.165, 1.54) is 24.2 Å². The molecule has 0 aliphatic carbocycles. The topological polar surface area (TPSA) is 64.4 Å². The summed E-state index contributed by atoms with van der Waals surface area (Å²) in [6.45, 7) is 2.48. The Morgan fingerprint density at radius 3 is 3.11 bits per heavy atom. The Kier molecular flexibility index (Phi) is 5.10. The van der Waals surface area contributed by atoms with Gasteiger partial charge in [0.15, 0.2) is 0 Å². The van der Waals surface area contributed by atoms with E-state index >= 15 is 0 Å². The van der Waals surface area contributed by atoms with Crippen molar-refractivity contribution in [3.8, 4) is 0 Å². The number of rotatable bonds is 6. The quantitative estimate of drug-likeness (QED) is 0.490. The van der Waals surface area contributed by atoms with E-state index in [1.54, 1.807) is 6.07 Å². The first-order valence-corrected chi connectivity index (χ1v) is 7.18. The normalized spacial score (nSPS) is 19.9. The molecule has 1 saturated heterocycles. The van der Waals surface area contributed by atoms with Crippen molar-refractivity contribution in [2.45, 2.75) is 38.3 Å². The van der Waals surface area contributed by atoms with Gasteiger partial charge in [0.2, 0.25) is 0 Å². The molecule has 18 heavy (non-hydrogen) atoms. The zero-order valence-corrected chi connectivity index (χ0v) is 11.1. The third kappa shape index (κ3) is 4.04.